The van der Waals surface area contributed by atoms with Crippen molar-refractivity contribution in [2.75, 3.05) is 6.54 Å². The van der Waals surface area contributed by atoms with Gasteiger partial charge in [0.05, 0.1) is 6.04 Å². The molecule has 0 bridgehead atoms. The molecule has 0 saturated heterocycles. The van der Waals surface area contributed by atoms with Gasteiger partial charge in [0, 0.05) is 23.0 Å². The lowest BCUT2D eigenvalue weighted by Crippen LogP contribution is -2.44. The second-order valence-corrected chi connectivity index (χ2v) is 6.57. The smallest absolute Gasteiger partial charge is 0.237 e. The minimum atomic E-state index is -0.172. The van der Waals surface area contributed by atoms with E-state index in [1.165, 1.54) is 4.88 Å². The zero-order valence-corrected chi connectivity index (χ0v) is 14.5. The molecule has 0 aliphatic carbocycles. The Labute approximate surface area is 140 Å². The first-order valence-corrected chi connectivity index (χ1v) is 8.65. The van der Waals surface area contributed by atoms with E-state index < -0.39 is 0 Å². The number of rotatable bonds is 7. The maximum Gasteiger partial charge on any atom is 0.237 e. The van der Waals surface area contributed by atoms with Crippen LogP contribution in [0.1, 0.15) is 24.3 Å². The van der Waals surface area contributed by atoms with Crippen molar-refractivity contribution in [1.82, 2.24) is 10.2 Å². The first-order chi connectivity index (χ1) is 10.6. The van der Waals surface area contributed by atoms with E-state index in [1.54, 1.807) is 11.3 Å². The van der Waals surface area contributed by atoms with Gasteiger partial charge in [-0.1, -0.05) is 42.8 Å². The number of likely N-dealkylation sites (N-methyl/N-ethyl adjacent to an activating group) is 1. The van der Waals surface area contributed by atoms with E-state index in [4.69, 9.17) is 11.6 Å². The zero-order valence-electron chi connectivity index (χ0n) is 12.9. The number of hydrogen-bond acceptors (Lipinski definition) is 3. The number of thiophene rings is 1. The molecule has 1 unspecified atom stereocenters. The highest BCUT2D eigenvalue weighted by molar-refractivity contribution is 7.09. The summed E-state index contributed by atoms with van der Waals surface area (Å²) in [5.41, 5.74) is 0.936. The Balaban J connectivity index is 1.91. The summed E-state index contributed by atoms with van der Waals surface area (Å²) in [6.07, 6.45) is 0. The van der Waals surface area contributed by atoms with E-state index in [2.05, 4.69) is 28.6 Å². The van der Waals surface area contributed by atoms with Crippen LogP contribution in [0, 0.1) is 0 Å². The molecule has 5 heteroatoms. The van der Waals surface area contributed by atoms with Crippen LogP contribution in [-0.2, 0) is 17.9 Å². The largest absolute Gasteiger partial charge is 0.351 e. The summed E-state index contributed by atoms with van der Waals surface area (Å²) in [6.45, 7) is 6.11. The molecule has 1 atom stereocenters. The highest BCUT2D eigenvalue weighted by Gasteiger charge is 2.20. The molecule has 2 aromatic rings. The molecule has 0 saturated carbocycles. The minimum absolute atomic E-state index is 0.0262. The summed E-state index contributed by atoms with van der Waals surface area (Å²) in [5, 5.41) is 5.71. The van der Waals surface area contributed by atoms with Crippen molar-refractivity contribution in [2.45, 2.75) is 33.0 Å². The number of carbonyl (C=O) groups is 1. The first-order valence-electron chi connectivity index (χ1n) is 7.39. The average molecular weight is 337 g/mol. The molecule has 1 amide bonds. The van der Waals surface area contributed by atoms with Crippen LogP contribution in [-0.4, -0.2) is 23.4 Å². The minimum Gasteiger partial charge on any atom is -0.351 e. The van der Waals surface area contributed by atoms with Crippen LogP contribution in [0.25, 0.3) is 0 Å². The van der Waals surface area contributed by atoms with Crippen LogP contribution < -0.4 is 5.32 Å². The molecule has 1 N–H and O–H groups in total. The molecule has 1 aromatic heterocycles. The quantitative estimate of drug-likeness (QED) is 0.831. The van der Waals surface area contributed by atoms with Crippen molar-refractivity contribution < 1.29 is 4.79 Å². The van der Waals surface area contributed by atoms with Crippen molar-refractivity contribution in [2.24, 2.45) is 0 Å². The van der Waals surface area contributed by atoms with Gasteiger partial charge in [0.15, 0.2) is 0 Å². The third-order valence-electron chi connectivity index (χ3n) is 3.68. The summed E-state index contributed by atoms with van der Waals surface area (Å²) in [7, 11) is 0. The standard InChI is InChI=1S/C17H21ClN2OS/c1-3-20(12-15-8-6-10-22-15)13(2)17(21)19-11-14-7-4-5-9-16(14)18/h4-10,13H,3,11-12H2,1-2H3,(H,19,21). The predicted molar refractivity (Wildman–Crippen MR) is 93.2 cm³/mol. The van der Waals surface area contributed by atoms with Crippen LogP contribution in [0.2, 0.25) is 5.02 Å². The maximum absolute atomic E-state index is 12.4. The van der Waals surface area contributed by atoms with Gasteiger partial charge < -0.3 is 5.32 Å². The number of hydrogen-bond donors (Lipinski definition) is 1. The van der Waals surface area contributed by atoms with Crippen LogP contribution >= 0.6 is 22.9 Å². The number of halogens is 1. The highest BCUT2D eigenvalue weighted by atomic mass is 35.5. The van der Waals surface area contributed by atoms with E-state index in [0.717, 1.165) is 18.7 Å². The number of nitrogens with zero attached hydrogens (tertiary/aromatic N) is 1. The number of amides is 1. The Bertz CT molecular complexity index is 600. The van der Waals surface area contributed by atoms with Gasteiger partial charge in [-0.3, -0.25) is 9.69 Å². The van der Waals surface area contributed by atoms with Gasteiger partial charge in [0.2, 0.25) is 5.91 Å². The summed E-state index contributed by atoms with van der Waals surface area (Å²) >= 11 is 7.83. The molecule has 0 aliphatic heterocycles. The average Bonchev–Trinajstić information content (AvgIpc) is 3.04. The fourth-order valence-corrected chi connectivity index (χ4v) is 3.19. The van der Waals surface area contributed by atoms with Crippen molar-refractivity contribution in [1.29, 1.82) is 0 Å². The Morgan fingerprint density at radius 3 is 2.73 bits per heavy atom. The topological polar surface area (TPSA) is 32.3 Å². The predicted octanol–water partition coefficient (Wildman–Crippen LogP) is 3.93. The van der Waals surface area contributed by atoms with E-state index >= 15 is 0 Å². The van der Waals surface area contributed by atoms with E-state index in [0.29, 0.717) is 11.6 Å². The van der Waals surface area contributed by atoms with Gasteiger partial charge in [-0.15, -0.1) is 11.3 Å². The summed E-state index contributed by atoms with van der Waals surface area (Å²) < 4.78 is 0. The molecule has 0 spiro atoms. The molecule has 22 heavy (non-hydrogen) atoms. The first kappa shape index (κ1) is 17.0. The molecule has 0 fully saturated rings. The molecule has 2 rings (SSSR count). The Hall–Kier alpha value is -1.36. The molecule has 1 heterocycles. The lowest BCUT2D eigenvalue weighted by molar-refractivity contribution is -0.126. The van der Waals surface area contributed by atoms with Crippen molar-refractivity contribution in [3.05, 3.63) is 57.2 Å². The molecular formula is C17H21ClN2OS. The fraction of sp³-hybridized carbons (Fsp3) is 0.353. The van der Waals surface area contributed by atoms with Crippen LogP contribution in [0.15, 0.2) is 41.8 Å². The lowest BCUT2D eigenvalue weighted by atomic mass is 10.2. The molecule has 0 aliphatic rings. The summed E-state index contributed by atoms with van der Waals surface area (Å²) in [6, 6.07) is 11.5. The van der Waals surface area contributed by atoms with Gasteiger partial charge in [-0.05, 0) is 36.5 Å². The second kappa shape index (κ2) is 8.32. The summed E-state index contributed by atoms with van der Waals surface area (Å²) in [4.78, 5) is 15.8. The Kier molecular flexibility index (Phi) is 6.43. The van der Waals surface area contributed by atoms with Crippen molar-refractivity contribution in [3.8, 4) is 0 Å². The van der Waals surface area contributed by atoms with E-state index in [-0.39, 0.29) is 11.9 Å². The van der Waals surface area contributed by atoms with Crippen molar-refractivity contribution >= 4 is 28.8 Å². The maximum atomic E-state index is 12.4. The number of nitrogens with one attached hydrogen (secondary N) is 1. The third-order valence-corrected chi connectivity index (χ3v) is 4.91. The fourth-order valence-electron chi connectivity index (χ4n) is 2.26. The van der Waals surface area contributed by atoms with Gasteiger partial charge in [0.25, 0.3) is 0 Å². The monoisotopic (exact) mass is 336 g/mol. The van der Waals surface area contributed by atoms with Gasteiger partial charge in [-0.2, -0.15) is 0 Å². The normalized spacial score (nSPS) is 12.4. The van der Waals surface area contributed by atoms with E-state index in [9.17, 15) is 4.79 Å². The molecule has 118 valence electrons. The van der Waals surface area contributed by atoms with Crippen LogP contribution in [0.4, 0.5) is 0 Å². The van der Waals surface area contributed by atoms with Gasteiger partial charge >= 0.3 is 0 Å². The number of benzene rings is 1. The van der Waals surface area contributed by atoms with Crippen molar-refractivity contribution in [3.63, 3.8) is 0 Å². The zero-order chi connectivity index (χ0) is 15.9. The Morgan fingerprint density at radius 2 is 2.09 bits per heavy atom. The second-order valence-electron chi connectivity index (χ2n) is 5.13. The van der Waals surface area contributed by atoms with Crippen LogP contribution in [0.5, 0.6) is 0 Å². The molecule has 1 aromatic carbocycles. The number of carbonyl (C=O) groups excluding carboxylic acids is 1. The van der Waals surface area contributed by atoms with Gasteiger partial charge in [0.1, 0.15) is 0 Å². The third kappa shape index (κ3) is 4.57. The Morgan fingerprint density at radius 1 is 1.32 bits per heavy atom. The molecule has 3 nitrogen and oxygen atoms in total. The molecular weight excluding hydrogens is 316 g/mol. The lowest BCUT2D eigenvalue weighted by Gasteiger charge is -2.26. The highest BCUT2D eigenvalue weighted by Crippen LogP contribution is 2.16. The van der Waals surface area contributed by atoms with E-state index in [1.807, 2.05) is 37.3 Å². The molecule has 0 radical (unpaired) electrons. The van der Waals surface area contributed by atoms with Crippen LogP contribution in [0.3, 0.4) is 0 Å². The SMILES string of the molecule is CCN(Cc1cccs1)C(C)C(=O)NCc1ccccc1Cl. The van der Waals surface area contributed by atoms with Gasteiger partial charge in [-0.25, -0.2) is 0 Å². The summed E-state index contributed by atoms with van der Waals surface area (Å²) in [5.74, 6) is 0.0262.